The number of hydrogen-bond acceptors (Lipinski definition) is 2. The Morgan fingerprint density at radius 3 is 2.58 bits per heavy atom. The molecule has 1 aromatic rings. The zero-order chi connectivity index (χ0) is 14.1. The minimum atomic E-state index is 0.373. The van der Waals surface area contributed by atoms with E-state index in [4.69, 9.17) is 4.74 Å². The fraction of sp³-hybridized carbons (Fsp3) is 0.500. The molecule has 0 aromatic heterocycles. The van der Waals surface area contributed by atoms with Gasteiger partial charge in [0, 0.05) is 17.1 Å². The molecule has 0 amide bonds. The summed E-state index contributed by atoms with van der Waals surface area (Å²) in [7, 11) is 0. The first-order valence-electron chi connectivity index (χ1n) is 6.76. The number of nitrogens with one attached hydrogen (secondary N) is 1. The highest BCUT2D eigenvalue weighted by Crippen LogP contribution is 2.08. The van der Waals surface area contributed by atoms with Crippen LogP contribution in [0.2, 0.25) is 0 Å². The maximum atomic E-state index is 5.81. The molecule has 0 spiro atoms. The summed E-state index contributed by atoms with van der Waals surface area (Å²) in [5.41, 5.74) is 1.22. The van der Waals surface area contributed by atoms with Crippen molar-refractivity contribution >= 4 is 15.9 Å². The van der Waals surface area contributed by atoms with Crippen LogP contribution in [-0.4, -0.2) is 19.2 Å². The molecule has 0 heterocycles. The van der Waals surface area contributed by atoms with E-state index in [9.17, 15) is 0 Å². The topological polar surface area (TPSA) is 21.3 Å². The Labute approximate surface area is 125 Å². The molecule has 1 rings (SSSR count). The van der Waals surface area contributed by atoms with Crippen LogP contribution in [-0.2, 0) is 11.3 Å². The van der Waals surface area contributed by atoms with Crippen LogP contribution in [0.25, 0.3) is 0 Å². The van der Waals surface area contributed by atoms with Crippen LogP contribution < -0.4 is 5.32 Å². The van der Waals surface area contributed by atoms with Gasteiger partial charge in [0.05, 0.1) is 13.2 Å². The monoisotopic (exact) mass is 325 g/mol. The van der Waals surface area contributed by atoms with E-state index in [1.54, 1.807) is 0 Å². The molecule has 0 fully saturated rings. The minimum Gasteiger partial charge on any atom is -0.375 e. The second-order valence-corrected chi connectivity index (χ2v) is 6.35. The zero-order valence-corrected chi connectivity index (χ0v) is 13.4. The quantitative estimate of drug-likeness (QED) is 0.737. The normalized spacial score (nSPS) is 12.6. The van der Waals surface area contributed by atoms with Crippen LogP contribution in [0.4, 0.5) is 0 Å². The summed E-state index contributed by atoms with van der Waals surface area (Å²) < 4.78 is 6.78. The lowest BCUT2D eigenvalue weighted by Crippen LogP contribution is -2.35. The van der Waals surface area contributed by atoms with Crippen LogP contribution in [0, 0.1) is 5.92 Å². The highest BCUT2D eigenvalue weighted by molar-refractivity contribution is 9.11. The van der Waals surface area contributed by atoms with Gasteiger partial charge in [0.1, 0.15) is 0 Å². The maximum Gasteiger partial charge on any atom is 0.0717 e. The van der Waals surface area contributed by atoms with Gasteiger partial charge in [-0.25, -0.2) is 0 Å². The number of halogens is 1. The SMILES string of the molecule is C=C(Br)CN[C@H](COCc1ccccc1)CC(C)C. The number of ether oxygens (including phenoxy) is 1. The lowest BCUT2D eigenvalue weighted by Gasteiger charge is -2.20. The highest BCUT2D eigenvalue weighted by Gasteiger charge is 2.10. The number of benzene rings is 1. The number of rotatable bonds is 9. The van der Waals surface area contributed by atoms with Gasteiger partial charge in [-0.1, -0.05) is 66.7 Å². The summed E-state index contributed by atoms with van der Waals surface area (Å²) in [6.45, 7) is 10.5. The molecule has 0 bridgehead atoms. The first-order chi connectivity index (χ1) is 9.08. The summed E-state index contributed by atoms with van der Waals surface area (Å²) in [6, 6.07) is 10.7. The number of hydrogen-bond donors (Lipinski definition) is 1. The maximum absolute atomic E-state index is 5.81. The van der Waals surface area contributed by atoms with Crippen molar-refractivity contribution in [2.75, 3.05) is 13.2 Å². The Bertz CT molecular complexity index is 364. The van der Waals surface area contributed by atoms with Gasteiger partial charge >= 0.3 is 0 Å². The van der Waals surface area contributed by atoms with E-state index in [0.717, 1.165) is 24.1 Å². The molecule has 1 aromatic carbocycles. The molecule has 0 unspecified atom stereocenters. The lowest BCUT2D eigenvalue weighted by atomic mass is 10.0. The molecule has 0 saturated heterocycles. The third-order valence-corrected chi connectivity index (χ3v) is 3.05. The van der Waals surface area contributed by atoms with Gasteiger partial charge in [-0.2, -0.15) is 0 Å². The molecular weight excluding hydrogens is 302 g/mol. The van der Waals surface area contributed by atoms with Gasteiger partial charge in [0.25, 0.3) is 0 Å². The second kappa shape index (κ2) is 9.29. The molecule has 0 radical (unpaired) electrons. The van der Waals surface area contributed by atoms with Crippen molar-refractivity contribution < 1.29 is 4.74 Å². The Balaban J connectivity index is 2.33. The predicted molar refractivity (Wildman–Crippen MR) is 85.4 cm³/mol. The van der Waals surface area contributed by atoms with E-state index in [1.807, 2.05) is 18.2 Å². The first kappa shape index (κ1) is 16.4. The third-order valence-electron chi connectivity index (χ3n) is 2.77. The van der Waals surface area contributed by atoms with Crippen molar-refractivity contribution in [1.82, 2.24) is 5.32 Å². The van der Waals surface area contributed by atoms with Crippen LogP contribution in [0.3, 0.4) is 0 Å². The summed E-state index contributed by atoms with van der Waals surface area (Å²) in [6.07, 6.45) is 1.11. The Morgan fingerprint density at radius 1 is 1.32 bits per heavy atom. The molecule has 19 heavy (non-hydrogen) atoms. The first-order valence-corrected chi connectivity index (χ1v) is 7.55. The molecule has 106 valence electrons. The Kier molecular flexibility index (Phi) is 8.03. The van der Waals surface area contributed by atoms with Crippen molar-refractivity contribution in [2.24, 2.45) is 5.92 Å². The van der Waals surface area contributed by atoms with Gasteiger partial charge in [-0.3, -0.25) is 0 Å². The second-order valence-electron chi connectivity index (χ2n) is 5.23. The van der Waals surface area contributed by atoms with E-state index in [1.165, 1.54) is 5.56 Å². The zero-order valence-electron chi connectivity index (χ0n) is 11.9. The molecule has 0 saturated carbocycles. The Hall–Kier alpha value is -0.640. The predicted octanol–water partition coefficient (Wildman–Crippen LogP) is 4.12. The van der Waals surface area contributed by atoms with Crippen molar-refractivity contribution in [1.29, 1.82) is 0 Å². The largest absolute Gasteiger partial charge is 0.375 e. The average molecular weight is 326 g/mol. The van der Waals surface area contributed by atoms with E-state index in [2.05, 4.69) is 53.8 Å². The summed E-state index contributed by atoms with van der Waals surface area (Å²) in [4.78, 5) is 0. The molecular formula is C16H24BrNO. The van der Waals surface area contributed by atoms with Crippen LogP contribution in [0.1, 0.15) is 25.8 Å². The van der Waals surface area contributed by atoms with Gasteiger partial charge in [0.15, 0.2) is 0 Å². The van der Waals surface area contributed by atoms with E-state index in [-0.39, 0.29) is 0 Å². The molecule has 1 N–H and O–H groups in total. The van der Waals surface area contributed by atoms with Crippen LogP contribution >= 0.6 is 15.9 Å². The van der Waals surface area contributed by atoms with Gasteiger partial charge in [-0.05, 0) is 17.9 Å². The molecule has 2 nitrogen and oxygen atoms in total. The van der Waals surface area contributed by atoms with Crippen molar-refractivity contribution in [2.45, 2.75) is 32.9 Å². The van der Waals surface area contributed by atoms with Crippen LogP contribution in [0.5, 0.6) is 0 Å². The fourth-order valence-corrected chi connectivity index (χ4v) is 2.09. The van der Waals surface area contributed by atoms with Gasteiger partial charge in [0.2, 0.25) is 0 Å². The van der Waals surface area contributed by atoms with E-state index >= 15 is 0 Å². The van der Waals surface area contributed by atoms with Crippen LogP contribution in [0.15, 0.2) is 41.4 Å². The van der Waals surface area contributed by atoms with E-state index in [0.29, 0.717) is 18.6 Å². The molecule has 1 atom stereocenters. The lowest BCUT2D eigenvalue weighted by molar-refractivity contribution is 0.0937. The molecule has 0 aliphatic heterocycles. The summed E-state index contributed by atoms with van der Waals surface area (Å²) in [5, 5.41) is 3.47. The average Bonchev–Trinajstić information content (AvgIpc) is 2.36. The van der Waals surface area contributed by atoms with E-state index < -0.39 is 0 Å². The molecule has 3 heteroatoms. The van der Waals surface area contributed by atoms with Gasteiger partial charge in [-0.15, -0.1) is 0 Å². The Morgan fingerprint density at radius 2 is 2.00 bits per heavy atom. The highest BCUT2D eigenvalue weighted by atomic mass is 79.9. The van der Waals surface area contributed by atoms with Crippen molar-refractivity contribution in [3.05, 3.63) is 47.0 Å². The minimum absolute atomic E-state index is 0.373. The van der Waals surface area contributed by atoms with Gasteiger partial charge < -0.3 is 10.1 Å². The molecule has 0 aliphatic carbocycles. The summed E-state index contributed by atoms with van der Waals surface area (Å²) in [5.74, 6) is 0.654. The van der Waals surface area contributed by atoms with Crippen molar-refractivity contribution in [3.8, 4) is 0 Å². The molecule has 0 aliphatic rings. The third kappa shape index (κ3) is 8.19. The standard InChI is InChI=1S/C16H24BrNO/c1-13(2)9-16(18-10-14(3)17)12-19-11-15-7-5-4-6-8-15/h4-8,13,16,18H,3,9-12H2,1-2H3/t16-/m0/s1. The van der Waals surface area contributed by atoms with Crippen molar-refractivity contribution in [3.63, 3.8) is 0 Å². The fourth-order valence-electron chi connectivity index (χ4n) is 1.93. The smallest absolute Gasteiger partial charge is 0.0717 e. The summed E-state index contributed by atoms with van der Waals surface area (Å²) >= 11 is 3.38.